The van der Waals surface area contributed by atoms with E-state index in [0.717, 1.165) is 25.7 Å². The van der Waals surface area contributed by atoms with Gasteiger partial charge in [-0.3, -0.25) is 18.2 Å². The minimum absolute atomic E-state index is 0.353. The number of amides is 2. The summed E-state index contributed by atoms with van der Waals surface area (Å²) in [6, 6.07) is 0. The van der Waals surface area contributed by atoms with Crippen LogP contribution in [-0.4, -0.2) is 46.0 Å². The largest absolute Gasteiger partial charge is 0.322 e. The van der Waals surface area contributed by atoms with E-state index >= 15 is 0 Å². The van der Waals surface area contributed by atoms with Crippen LogP contribution in [-0.2, 0) is 9.59 Å². The van der Waals surface area contributed by atoms with Crippen molar-refractivity contribution in [1.82, 2.24) is 8.61 Å². The van der Waals surface area contributed by atoms with Gasteiger partial charge in [-0.1, -0.05) is 179 Å². The lowest BCUT2D eigenvalue weighted by atomic mass is 10.1. The third-order valence-electron chi connectivity index (χ3n) is 7.51. The summed E-state index contributed by atoms with van der Waals surface area (Å²) in [4.78, 5) is 25.7. The summed E-state index contributed by atoms with van der Waals surface area (Å²) in [5.41, 5.74) is 0. The predicted molar refractivity (Wildman–Crippen MR) is 173 cm³/mol. The number of carbonyl (C=O) groups is 2. The fourth-order valence-electron chi connectivity index (χ4n) is 4.96. The van der Waals surface area contributed by atoms with Crippen LogP contribution >= 0.6 is 23.9 Å². The van der Waals surface area contributed by atoms with Gasteiger partial charge in [-0.15, -0.1) is 0 Å². The van der Waals surface area contributed by atoms with Crippen molar-refractivity contribution in [2.45, 2.75) is 168 Å². The molecule has 0 saturated carbocycles. The van der Waals surface area contributed by atoms with Crippen molar-refractivity contribution in [3.63, 3.8) is 0 Å². The maximum absolute atomic E-state index is 12.8. The topological polar surface area (TPSA) is 40.6 Å². The highest BCUT2D eigenvalue weighted by atomic mass is 32.2. The first-order valence-corrected chi connectivity index (χ1v) is 18.7. The molecule has 0 aromatic heterocycles. The predicted octanol–water partition coefficient (Wildman–Crippen LogP) is 10.6. The standard InChI is InChI=1S/C32H64N2O2S2/c1-5-7-9-11-13-15-17-19-21-23-25-27-29-33(37-3)31(35)32(36)34(38-4)30-28-26-24-22-20-18-16-14-12-10-8-6-2/h5-30H2,1-4H3. The zero-order valence-electron chi connectivity index (χ0n) is 25.9. The zero-order valence-corrected chi connectivity index (χ0v) is 27.5. The molecule has 0 spiro atoms. The molecule has 0 rings (SSSR count). The Labute approximate surface area is 246 Å². The maximum atomic E-state index is 12.8. The highest BCUT2D eigenvalue weighted by Crippen LogP contribution is 2.17. The molecule has 0 atom stereocenters. The summed E-state index contributed by atoms with van der Waals surface area (Å²) in [5.74, 6) is -0.706. The molecular weight excluding hydrogens is 508 g/mol. The van der Waals surface area contributed by atoms with E-state index in [-0.39, 0.29) is 11.8 Å². The second-order valence-corrected chi connectivity index (χ2v) is 12.6. The third kappa shape index (κ3) is 22.5. The maximum Gasteiger partial charge on any atom is 0.322 e. The molecule has 0 aliphatic heterocycles. The van der Waals surface area contributed by atoms with E-state index in [1.165, 1.54) is 152 Å². The second-order valence-electron chi connectivity index (χ2n) is 11.0. The Morgan fingerprint density at radius 3 is 0.816 bits per heavy atom. The SMILES string of the molecule is CCCCCCCCCCCCCCN(SC)C(=O)C(=O)N(CCCCCCCCCCCCCC)SC. The second kappa shape index (κ2) is 29.6. The van der Waals surface area contributed by atoms with Crippen LogP contribution in [0.2, 0.25) is 0 Å². The first kappa shape index (κ1) is 37.6. The first-order chi connectivity index (χ1) is 18.6. The van der Waals surface area contributed by atoms with E-state index in [2.05, 4.69) is 13.8 Å². The van der Waals surface area contributed by atoms with Crippen LogP contribution in [0.3, 0.4) is 0 Å². The van der Waals surface area contributed by atoms with E-state index in [1.807, 2.05) is 12.5 Å². The smallest absolute Gasteiger partial charge is 0.278 e. The van der Waals surface area contributed by atoms with E-state index in [1.54, 1.807) is 8.61 Å². The van der Waals surface area contributed by atoms with Crippen LogP contribution in [0.4, 0.5) is 0 Å². The number of hydrogen-bond acceptors (Lipinski definition) is 4. The molecule has 38 heavy (non-hydrogen) atoms. The van der Waals surface area contributed by atoms with Gasteiger partial charge >= 0.3 is 11.8 Å². The van der Waals surface area contributed by atoms with Crippen molar-refractivity contribution in [2.24, 2.45) is 0 Å². The van der Waals surface area contributed by atoms with Crippen molar-refractivity contribution in [2.75, 3.05) is 25.6 Å². The van der Waals surface area contributed by atoms with Gasteiger partial charge < -0.3 is 0 Å². The average Bonchev–Trinajstić information content (AvgIpc) is 2.93. The number of hydrogen-bond donors (Lipinski definition) is 0. The molecule has 226 valence electrons. The van der Waals surface area contributed by atoms with Crippen LogP contribution in [0.5, 0.6) is 0 Å². The molecule has 0 bridgehead atoms. The molecule has 0 radical (unpaired) electrons. The van der Waals surface area contributed by atoms with Crippen molar-refractivity contribution in [1.29, 1.82) is 0 Å². The Bertz CT molecular complexity index is 488. The Morgan fingerprint density at radius 1 is 0.395 bits per heavy atom. The van der Waals surface area contributed by atoms with E-state index in [4.69, 9.17) is 0 Å². The van der Waals surface area contributed by atoms with Crippen LogP contribution < -0.4 is 0 Å². The van der Waals surface area contributed by atoms with Gasteiger partial charge in [-0.25, -0.2) is 0 Å². The minimum atomic E-state index is -0.353. The van der Waals surface area contributed by atoms with Gasteiger partial charge in [0, 0.05) is 25.6 Å². The third-order valence-corrected chi connectivity index (χ3v) is 9.08. The van der Waals surface area contributed by atoms with Crippen molar-refractivity contribution in [3.05, 3.63) is 0 Å². The Morgan fingerprint density at radius 2 is 0.605 bits per heavy atom. The molecule has 0 aliphatic rings. The van der Waals surface area contributed by atoms with Gasteiger partial charge in [-0.05, 0) is 12.8 Å². The van der Waals surface area contributed by atoms with Gasteiger partial charge in [0.1, 0.15) is 0 Å². The molecule has 4 nitrogen and oxygen atoms in total. The molecule has 0 heterocycles. The summed E-state index contributed by atoms with van der Waals surface area (Å²) < 4.78 is 3.34. The van der Waals surface area contributed by atoms with Gasteiger partial charge in [0.2, 0.25) is 0 Å². The van der Waals surface area contributed by atoms with Crippen LogP contribution in [0.15, 0.2) is 0 Å². The van der Waals surface area contributed by atoms with Crippen LogP contribution in [0.1, 0.15) is 168 Å². The Balaban J connectivity index is 3.87. The van der Waals surface area contributed by atoms with E-state index < -0.39 is 0 Å². The first-order valence-electron chi connectivity index (χ1n) is 16.3. The van der Waals surface area contributed by atoms with E-state index in [0.29, 0.717) is 13.1 Å². The fourth-order valence-corrected chi connectivity index (χ4v) is 6.07. The molecule has 0 aromatic carbocycles. The lowest BCUT2D eigenvalue weighted by Gasteiger charge is -2.23. The average molecular weight is 573 g/mol. The van der Waals surface area contributed by atoms with Crippen LogP contribution in [0, 0.1) is 0 Å². The van der Waals surface area contributed by atoms with Crippen molar-refractivity contribution < 1.29 is 9.59 Å². The molecule has 0 unspecified atom stereocenters. The van der Waals surface area contributed by atoms with Gasteiger partial charge in [0.25, 0.3) is 0 Å². The lowest BCUT2D eigenvalue weighted by molar-refractivity contribution is -0.145. The summed E-state index contributed by atoms with van der Waals surface area (Å²) in [7, 11) is 0. The molecule has 6 heteroatoms. The highest BCUT2D eigenvalue weighted by Gasteiger charge is 2.26. The number of nitrogens with zero attached hydrogens (tertiary/aromatic N) is 2. The molecule has 2 amide bonds. The molecule has 0 aliphatic carbocycles. The van der Waals surface area contributed by atoms with Crippen LogP contribution in [0.25, 0.3) is 0 Å². The normalized spacial score (nSPS) is 11.2. The van der Waals surface area contributed by atoms with E-state index in [9.17, 15) is 9.59 Å². The Hall–Kier alpha value is -0.360. The summed E-state index contributed by atoms with van der Waals surface area (Å²) in [5, 5.41) is 0. The number of rotatable bonds is 28. The van der Waals surface area contributed by atoms with Gasteiger partial charge in [-0.2, -0.15) is 0 Å². The molecule has 0 fully saturated rings. The minimum Gasteiger partial charge on any atom is -0.278 e. The van der Waals surface area contributed by atoms with Gasteiger partial charge in [0.05, 0.1) is 0 Å². The number of unbranched alkanes of at least 4 members (excludes halogenated alkanes) is 22. The molecule has 0 aromatic rings. The quantitative estimate of drug-likeness (QED) is 0.0531. The summed E-state index contributed by atoms with van der Waals surface area (Å²) in [6.45, 7) is 5.88. The Kier molecular flexibility index (Phi) is 29.3. The number of carbonyl (C=O) groups excluding carboxylic acids is 2. The molecule has 0 saturated heterocycles. The summed E-state index contributed by atoms with van der Waals surface area (Å²) in [6.07, 6.45) is 35.0. The highest BCUT2D eigenvalue weighted by molar-refractivity contribution is 7.97. The monoisotopic (exact) mass is 572 g/mol. The van der Waals surface area contributed by atoms with Crippen molar-refractivity contribution in [3.8, 4) is 0 Å². The molecular formula is C32H64N2O2S2. The molecule has 0 N–H and O–H groups in total. The summed E-state index contributed by atoms with van der Waals surface area (Å²) >= 11 is 2.78. The fraction of sp³-hybridized carbons (Fsp3) is 0.938. The lowest BCUT2D eigenvalue weighted by Crippen LogP contribution is -2.40. The van der Waals surface area contributed by atoms with Gasteiger partial charge in [0.15, 0.2) is 0 Å². The zero-order chi connectivity index (χ0) is 28.1. The van der Waals surface area contributed by atoms with Crippen molar-refractivity contribution >= 4 is 35.7 Å².